The van der Waals surface area contributed by atoms with Crippen molar-refractivity contribution >= 4 is 15.8 Å². The summed E-state index contributed by atoms with van der Waals surface area (Å²) in [5.41, 5.74) is 1.64. The predicted molar refractivity (Wildman–Crippen MR) is 103 cm³/mol. The fourth-order valence-electron chi connectivity index (χ4n) is 3.38. The average molecular weight is 369 g/mol. The van der Waals surface area contributed by atoms with E-state index in [0.717, 1.165) is 5.56 Å². The molecule has 0 N–H and O–H groups in total. The summed E-state index contributed by atoms with van der Waals surface area (Å²) < 4.78 is 27.4. The van der Waals surface area contributed by atoms with Crippen LogP contribution in [0.4, 0.5) is 0 Å². The van der Waals surface area contributed by atoms with Crippen LogP contribution in [0.3, 0.4) is 0 Å². The summed E-state index contributed by atoms with van der Waals surface area (Å²) in [5.74, 6) is -0.489. The first kappa shape index (κ1) is 18.5. The van der Waals surface area contributed by atoms with Crippen molar-refractivity contribution in [2.45, 2.75) is 18.7 Å². The maximum atomic E-state index is 13.0. The van der Waals surface area contributed by atoms with Crippen LogP contribution in [0.2, 0.25) is 0 Å². The van der Waals surface area contributed by atoms with E-state index >= 15 is 0 Å². The second kappa shape index (κ2) is 7.56. The highest BCUT2D eigenvalue weighted by Gasteiger charge is 2.41. The zero-order chi connectivity index (χ0) is 18.7. The first-order chi connectivity index (χ1) is 12.4. The lowest BCUT2D eigenvalue weighted by Gasteiger charge is -2.16. The molecule has 2 aromatic carbocycles. The van der Waals surface area contributed by atoms with E-state index in [9.17, 15) is 13.2 Å². The Hall–Kier alpha value is -2.24. The monoisotopic (exact) mass is 369 g/mol. The van der Waals surface area contributed by atoms with E-state index in [1.807, 2.05) is 44.2 Å². The summed E-state index contributed by atoms with van der Waals surface area (Å²) in [6.45, 7) is 4.34. The highest BCUT2D eigenvalue weighted by Crippen LogP contribution is 2.32. The van der Waals surface area contributed by atoms with Crippen molar-refractivity contribution in [2.75, 3.05) is 13.1 Å². The lowest BCUT2D eigenvalue weighted by Crippen LogP contribution is -2.30. The molecule has 0 amide bonds. The van der Waals surface area contributed by atoms with Gasteiger partial charge in [0.15, 0.2) is 5.78 Å². The van der Waals surface area contributed by atoms with E-state index in [-0.39, 0.29) is 29.1 Å². The van der Waals surface area contributed by atoms with E-state index in [0.29, 0.717) is 12.1 Å². The number of carbonyl (C=O) groups excluding carboxylic acids is 1. The van der Waals surface area contributed by atoms with E-state index in [2.05, 4.69) is 0 Å². The molecule has 0 unspecified atom stereocenters. The number of hydrogen-bond donors (Lipinski definition) is 0. The molecule has 0 bridgehead atoms. The van der Waals surface area contributed by atoms with Crippen molar-refractivity contribution in [3.63, 3.8) is 0 Å². The minimum absolute atomic E-state index is 0.00435. The number of aryl methyl sites for hydroxylation is 1. The van der Waals surface area contributed by atoms with Crippen LogP contribution in [0.5, 0.6) is 0 Å². The lowest BCUT2D eigenvalue weighted by atomic mass is 9.88. The van der Waals surface area contributed by atoms with Gasteiger partial charge in [0, 0.05) is 30.5 Å². The molecule has 0 saturated carbocycles. The van der Waals surface area contributed by atoms with Gasteiger partial charge in [0.1, 0.15) is 0 Å². The molecule has 0 radical (unpaired) electrons. The van der Waals surface area contributed by atoms with Gasteiger partial charge < -0.3 is 0 Å². The molecule has 26 heavy (non-hydrogen) atoms. The molecule has 1 saturated heterocycles. The smallest absolute Gasteiger partial charge is 0.243 e. The van der Waals surface area contributed by atoms with Crippen molar-refractivity contribution in [1.82, 2.24) is 4.31 Å². The highest BCUT2D eigenvalue weighted by molar-refractivity contribution is 7.89. The lowest BCUT2D eigenvalue weighted by molar-refractivity contribution is 0.0912. The normalized spacial score (nSPS) is 21.3. The van der Waals surface area contributed by atoms with Crippen LogP contribution in [0, 0.1) is 18.8 Å². The Kier molecular flexibility index (Phi) is 5.39. The van der Waals surface area contributed by atoms with Crippen LogP contribution in [0.1, 0.15) is 22.8 Å². The summed E-state index contributed by atoms with van der Waals surface area (Å²) >= 11 is 0. The number of sulfonamides is 1. The topological polar surface area (TPSA) is 54.5 Å². The summed E-state index contributed by atoms with van der Waals surface area (Å²) in [4.78, 5) is 13.2. The van der Waals surface area contributed by atoms with Gasteiger partial charge in [0.05, 0.1) is 4.90 Å². The Morgan fingerprint density at radius 3 is 2.31 bits per heavy atom. The van der Waals surface area contributed by atoms with Crippen LogP contribution in [0.15, 0.2) is 71.6 Å². The Labute approximate surface area is 155 Å². The third-order valence-electron chi connectivity index (χ3n) is 4.83. The largest absolute Gasteiger partial charge is 0.294 e. The summed E-state index contributed by atoms with van der Waals surface area (Å²) in [6, 6.07) is 15.9. The van der Waals surface area contributed by atoms with Gasteiger partial charge in [-0.1, -0.05) is 60.2 Å². The molecule has 2 aromatic rings. The Bertz CT molecular complexity index is 902. The molecule has 1 fully saturated rings. The number of nitrogens with zero attached hydrogens (tertiary/aromatic N) is 1. The number of rotatable bonds is 5. The van der Waals surface area contributed by atoms with Crippen LogP contribution in [-0.2, 0) is 10.0 Å². The van der Waals surface area contributed by atoms with Crippen molar-refractivity contribution < 1.29 is 13.2 Å². The number of carbonyl (C=O) groups is 1. The zero-order valence-electron chi connectivity index (χ0n) is 15.0. The zero-order valence-corrected chi connectivity index (χ0v) is 15.8. The first-order valence-electron chi connectivity index (χ1n) is 8.72. The third-order valence-corrected chi connectivity index (χ3v) is 6.67. The van der Waals surface area contributed by atoms with Gasteiger partial charge in [-0.3, -0.25) is 4.79 Å². The van der Waals surface area contributed by atoms with Crippen molar-refractivity contribution in [2.24, 2.45) is 11.8 Å². The molecule has 1 aliphatic heterocycles. The molecule has 4 nitrogen and oxygen atoms in total. The van der Waals surface area contributed by atoms with Gasteiger partial charge in [-0.05, 0) is 26.0 Å². The molecule has 1 aliphatic rings. The summed E-state index contributed by atoms with van der Waals surface area (Å²) in [5, 5.41) is 0. The second-order valence-corrected chi connectivity index (χ2v) is 8.60. The van der Waals surface area contributed by atoms with Gasteiger partial charge in [-0.25, -0.2) is 8.42 Å². The minimum atomic E-state index is -3.61. The Morgan fingerprint density at radius 2 is 1.69 bits per heavy atom. The number of Topliss-reactive ketones (excluding diaryl/α,β-unsaturated/α-hetero) is 1. The van der Waals surface area contributed by atoms with E-state index < -0.39 is 10.0 Å². The molecule has 136 valence electrons. The molecular weight excluding hydrogens is 346 g/mol. The minimum Gasteiger partial charge on any atom is -0.294 e. The van der Waals surface area contributed by atoms with Gasteiger partial charge >= 0.3 is 0 Å². The number of hydrogen-bond acceptors (Lipinski definition) is 3. The number of ketones is 1. The molecule has 0 aromatic heterocycles. The molecule has 1 heterocycles. The third kappa shape index (κ3) is 3.64. The van der Waals surface area contributed by atoms with Crippen molar-refractivity contribution in [3.8, 4) is 0 Å². The fourth-order valence-corrected chi connectivity index (χ4v) is 4.89. The molecule has 0 spiro atoms. The van der Waals surface area contributed by atoms with Gasteiger partial charge in [-0.15, -0.1) is 0 Å². The number of allylic oxidation sites excluding steroid dienone is 1. The Morgan fingerprint density at radius 1 is 1.04 bits per heavy atom. The maximum absolute atomic E-state index is 13.0. The highest BCUT2D eigenvalue weighted by atomic mass is 32.2. The molecular formula is C21H23NO3S. The first-order valence-corrected chi connectivity index (χ1v) is 10.2. The molecule has 0 aliphatic carbocycles. The SMILES string of the molecule is C/C=C/[C@H]1CN(S(=O)(=O)c2ccc(C)cc2)C[C@H]1C(=O)c1ccccc1. The number of benzene rings is 2. The van der Waals surface area contributed by atoms with Gasteiger partial charge in [-0.2, -0.15) is 4.31 Å². The van der Waals surface area contributed by atoms with Crippen molar-refractivity contribution in [1.29, 1.82) is 0 Å². The average Bonchev–Trinajstić information content (AvgIpc) is 3.07. The quantitative estimate of drug-likeness (QED) is 0.597. The van der Waals surface area contributed by atoms with Gasteiger partial charge in [0.2, 0.25) is 10.0 Å². The van der Waals surface area contributed by atoms with E-state index in [4.69, 9.17) is 0 Å². The maximum Gasteiger partial charge on any atom is 0.243 e. The standard InChI is InChI=1S/C21H23NO3S/c1-3-7-18-14-22(26(24,25)19-12-10-16(2)11-13-19)15-20(18)21(23)17-8-5-4-6-9-17/h3-13,18,20H,14-15H2,1-2H3/b7-3+/t18-,20+/m0/s1. The van der Waals surface area contributed by atoms with Gasteiger partial charge in [0.25, 0.3) is 0 Å². The summed E-state index contributed by atoms with van der Waals surface area (Å²) in [6.07, 6.45) is 3.83. The fraction of sp³-hybridized carbons (Fsp3) is 0.286. The molecule has 5 heteroatoms. The van der Waals surface area contributed by atoms with Crippen LogP contribution < -0.4 is 0 Å². The van der Waals surface area contributed by atoms with E-state index in [1.54, 1.807) is 36.4 Å². The second-order valence-electron chi connectivity index (χ2n) is 6.66. The van der Waals surface area contributed by atoms with Crippen molar-refractivity contribution in [3.05, 3.63) is 77.9 Å². The van der Waals surface area contributed by atoms with E-state index in [1.165, 1.54) is 4.31 Å². The molecule has 3 rings (SSSR count). The predicted octanol–water partition coefficient (Wildman–Crippen LogP) is 3.69. The van der Waals surface area contributed by atoms with Crippen LogP contribution in [-0.4, -0.2) is 31.6 Å². The van der Waals surface area contributed by atoms with Crippen LogP contribution >= 0.6 is 0 Å². The van der Waals surface area contributed by atoms with Crippen LogP contribution in [0.25, 0.3) is 0 Å². The summed E-state index contributed by atoms with van der Waals surface area (Å²) in [7, 11) is -3.61. The Balaban J connectivity index is 1.89. The molecule has 2 atom stereocenters.